The van der Waals surface area contributed by atoms with E-state index >= 15 is 0 Å². The summed E-state index contributed by atoms with van der Waals surface area (Å²) in [7, 11) is 0. The van der Waals surface area contributed by atoms with E-state index in [1.54, 1.807) is 12.1 Å². The Hall–Kier alpha value is -2.17. The maximum Gasteiger partial charge on any atom is 0.253 e. The lowest BCUT2D eigenvalue weighted by atomic mass is 9.92. The number of fused-ring (bicyclic) bond motifs is 2. The number of carbonyl (C=O) groups is 1. The second kappa shape index (κ2) is 6.62. The van der Waals surface area contributed by atoms with Crippen LogP contribution in [0, 0.1) is 0 Å². The van der Waals surface area contributed by atoms with E-state index in [2.05, 4.69) is 34.5 Å². The predicted molar refractivity (Wildman–Crippen MR) is 96.9 cm³/mol. The van der Waals surface area contributed by atoms with Gasteiger partial charge in [0.1, 0.15) is 5.72 Å². The monoisotopic (exact) mass is 336 g/mol. The molecule has 2 fully saturated rings. The molecule has 2 atom stereocenters. The number of rotatable bonds is 4. The number of benzene rings is 2. The largest absolute Gasteiger partial charge is 0.371 e. The number of piperidine rings is 1. The summed E-state index contributed by atoms with van der Waals surface area (Å²) >= 11 is 0. The number of carbonyl (C=O) groups excluding carboxylic acids is 1. The molecule has 4 nitrogen and oxygen atoms in total. The van der Waals surface area contributed by atoms with E-state index in [4.69, 9.17) is 0 Å². The molecular weight excluding hydrogens is 312 g/mol. The van der Waals surface area contributed by atoms with Crippen molar-refractivity contribution in [2.45, 2.75) is 50.0 Å². The summed E-state index contributed by atoms with van der Waals surface area (Å²) in [5.74, 6) is -0.195. The van der Waals surface area contributed by atoms with Crippen LogP contribution in [0.3, 0.4) is 0 Å². The summed E-state index contributed by atoms with van der Waals surface area (Å²) in [6.07, 6.45) is 3.35. The molecule has 0 aliphatic carbocycles. The molecule has 2 N–H and O–H groups in total. The zero-order valence-electron chi connectivity index (χ0n) is 14.3. The fourth-order valence-corrected chi connectivity index (χ4v) is 4.34. The molecule has 2 aliphatic rings. The molecule has 2 aromatic rings. The maximum absolute atomic E-state index is 12.4. The molecule has 1 amide bonds. The van der Waals surface area contributed by atoms with E-state index in [9.17, 15) is 9.90 Å². The van der Waals surface area contributed by atoms with Crippen LogP contribution in [0.15, 0.2) is 60.7 Å². The molecule has 2 saturated heterocycles. The lowest BCUT2D eigenvalue weighted by Crippen LogP contribution is -2.58. The summed E-state index contributed by atoms with van der Waals surface area (Å²) < 4.78 is 0. The Morgan fingerprint density at radius 1 is 1.00 bits per heavy atom. The van der Waals surface area contributed by atoms with E-state index in [1.165, 1.54) is 5.56 Å². The number of aliphatic hydroxyl groups is 1. The molecule has 0 radical (unpaired) electrons. The highest BCUT2D eigenvalue weighted by Gasteiger charge is 2.48. The first kappa shape index (κ1) is 16.3. The normalized spacial score (nSPS) is 28.7. The predicted octanol–water partition coefficient (Wildman–Crippen LogP) is 2.93. The van der Waals surface area contributed by atoms with Crippen molar-refractivity contribution in [1.29, 1.82) is 0 Å². The molecule has 2 aliphatic heterocycles. The van der Waals surface area contributed by atoms with Crippen molar-refractivity contribution in [2.75, 3.05) is 0 Å². The van der Waals surface area contributed by atoms with Crippen LogP contribution in [0.25, 0.3) is 0 Å². The molecule has 130 valence electrons. The van der Waals surface area contributed by atoms with Gasteiger partial charge in [0, 0.05) is 37.0 Å². The molecule has 2 heterocycles. The highest BCUT2D eigenvalue weighted by Crippen LogP contribution is 2.40. The molecule has 0 spiro atoms. The molecule has 25 heavy (non-hydrogen) atoms. The van der Waals surface area contributed by atoms with E-state index in [-0.39, 0.29) is 5.91 Å². The SMILES string of the molecule is O=C(NC1(O)CC2CCC(C1)N2Cc1ccccc1)c1ccccc1. The van der Waals surface area contributed by atoms with E-state index in [0.717, 1.165) is 19.4 Å². The summed E-state index contributed by atoms with van der Waals surface area (Å²) in [5.41, 5.74) is 0.791. The first-order chi connectivity index (χ1) is 12.1. The zero-order valence-corrected chi connectivity index (χ0v) is 14.3. The van der Waals surface area contributed by atoms with Gasteiger partial charge in [0.15, 0.2) is 0 Å². The summed E-state index contributed by atoms with van der Waals surface area (Å²) in [4.78, 5) is 14.9. The third kappa shape index (κ3) is 3.46. The van der Waals surface area contributed by atoms with Crippen LogP contribution in [-0.2, 0) is 6.54 Å². The van der Waals surface area contributed by atoms with E-state index < -0.39 is 5.72 Å². The Morgan fingerprint density at radius 2 is 1.56 bits per heavy atom. The Balaban J connectivity index is 1.44. The first-order valence-corrected chi connectivity index (χ1v) is 9.03. The number of nitrogens with one attached hydrogen (secondary N) is 1. The second-order valence-electron chi connectivity index (χ2n) is 7.30. The minimum atomic E-state index is -1.11. The van der Waals surface area contributed by atoms with Gasteiger partial charge < -0.3 is 10.4 Å². The van der Waals surface area contributed by atoms with Crippen molar-refractivity contribution in [2.24, 2.45) is 0 Å². The van der Waals surface area contributed by atoms with Crippen LogP contribution in [0.5, 0.6) is 0 Å². The summed E-state index contributed by atoms with van der Waals surface area (Å²) in [6.45, 7) is 0.916. The molecule has 4 heteroatoms. The molecule has 2 bridgehead atoms. The van der Waals surface area contributed by atoms with Gasteiger partial charge in [0.05, 0.1) is 0 Å². The molecule has 0 aromatic heterocycles. The third-order valence-corrected chi connectivity index (χ3v) is 5.51. The highest BCUT2D eigenvalue weighted by molar-refractivity contribution is 5.94. The molecule has 0 saturated carbocycles. The quantitative estimate of drug-likeness (QED) is 0.844. The van der Waals surface area contributed by atoms with Gasteiger partial charge in [-0.1, -0.05) is 48.5 Å². The van der Waals surface area contributed by atoms with Crippen molar-refractivity contribution in [1.82, 2.24) is 10.2 Å². The fourth-order valence-electron chi connectivity index (χ4n) is 4.34. The van der Waals surface area contributed by atoms with Crippen LogP contribution in [0.2, 0.25) is 0 Å². The van der Waals surface area contributed by atoms with Gasteiger partial charge in [0.25, 0.3) is 5.91 Å². The Bertz CT molecular complexity index is 718. The fraction of sp³-hybridized carbons (Fsp3) is 0.381. The lowest BCUT2D eigenvalue weighted by molar-refractivity contribution is -0.0709. The van der Waals surface area contributed by atoms with Crippen LogP contribution < -0.4 is 5.32 Å². The van der Waals surface area contributed by atoms with Gasteiger partial charge in [0.2, 0.25) is 0 Å². The van der Waals surface area contributed by atoms with Crippen LogP contribution in [0.4, 0.5) is 0 Å². The Morgan fingerprint density at radius 3 is 2.16 bits per heavy atom. The number of nitrogens with zero attached hydrogens (tertiary/aromatic N) is 1. The molecule has 4 rings (SSSR count). The minimum absolute atomic E-state index is 0.195. The van der Waals surface area contributed by atoms with Crippen LogP contribution >= 0.6 is 0 Å². The first-order valence-electron chi connectivity index (χ1n) is 9.03. The molecule has 2 unspecified atom stereocenters. The summed E-state index contributed by atoms with van der Waals surface area (Å²) in [6, 6.07) is 20.2. The van der Waals surface area contributed by atoms with Crippen molar-refractivity contribution in [3.8, 4) is 0 Å². The number of hydrogen-bond acceptors (Lipinski definition) is 3. The van der Waals surface area contributed by atoms with Crippen molar-refractivity contribution in [3.63, 3.8) is 0 Å². The number of amides is 1. The van der Waals surface area contributed by atoms with Gasteiger partial charge in [-0.25, -0.2) is 0 Å². The third-order valence-electron chi connectivity index (χ3n) is 5.51. The van der Waals surface area contributed by atoms with Gasteiger partial charge in [-0.05, 0) is 30.5 Å². The van der Waals surface area contributed by atoms with Crippen LogP contribution in [-0.4, -0.2) is 33.7 Å². The molecule has 2 aromatic carbocycles. The molecular formula is C21H24N2O2. The smallest absolute Gasteiger partial charge is 0.253 e. The Labute approximate surface area is 148 Å². The van der Waals surface area contributed by atoms with Gasteiger partial charge in [-0.3, -0.25) is 9.69 Å². The standard InChI is InChI=1S/C21H24N2O2/c24-20(17-9-5-2-6-10-17)22-21(25)13-18-11-12-19(14-21)23(18)15-16-7-3-1-4-8-16/h1-10,18-19,25H,11-15H2,(H,22,24). The number of hydrogen-bond donors (Lipinski definition) is 2. The highest BCUT2D eigenvalue weighted by atomic mass is 16.3. The van der Waals surface area contributed by atoms with E-state index in [1.807, 2.05) is 24.3 Å². The van der Waals surface area contributed by atoms with Crippen molar-refractivity contribution in [3.05, 3.63) is 71.8 Å². The van der Waals surface area contributed by atoms with Crippen molar-refractivity contribution < 1.29 is 9.90 Å². The topological polar surface area (TPSA) is 52.6 Å². The average molecular weight is 336 g/mol. The summed E-state index contributed by atoms with van der Waals surface area (Å²) in [5, 5.41) is 13.9. The van der Waals surface area contributed by atoms with Gasteiger partial charge >= 0.3 is 0 Å². The zero-order chi connectivity index (χ0) is 17.3. The Kier molecular flexibility index (Phi) is 4.32. The van der Waals surface area contributed by atoms with Crippen molar-refractivity contribution >= 4 is 5.91 Å². The van der Waals surface area contributed by atoms with E-state index in [0.29, 0.717) is 30.5 Å². The second-order valence-corrected chi connectivity index (χ2v) is 7.30. The lowest BCUT2D eigenvalue weighted by Gasteiger charge is -2.44. The van der Waals surface area contributed by atoms with Gasteiger partial charge in [-0.2, -0.15) is 0 Å². The minimum Gasteiger partial charge on any atom is -0.371 e. The maximum atomic E-state index is 12.4. The van der Waals surface area contributed by atoms with Crippen LogP contribution in [0.1, 0.15) is 41.6 Å². The van der Waals surface area contributed by atoms with Gasteiger partial charge in [-0.15, -0.1) is 0 Å². The average Bonchev–Trinajstić information content (AvgIpc) is 2.87.